The van der Waals surface area contributed by atoms with Crippen molar-refractivity contribution in [3.05, 3.63) is 52.4 Å². The molecule has 0 atom stereocenters. The van der Waals surface area contributed by atoms with Crippen molar-refractivity contribution in [2.24, 2.45) is 0 Å². The lowest BCUT2D eigenvalue weighted by Crippen LogP contribution is -2.39. The van der Waals surface area contributed by atoms with Crippen molar-refractivity contribution in [3.8, 4) is 0 Å². The number of nitrogens with zero attached hydrogens (tertiary/aromatic N) is 1. The molecule has 0 radical (unpaired) electrons. The average Bonchev–Trinajstić information content (AvgIpc) is 2.83. The molecular formula is C19H21NOS2. The van der Waals surface area contributed by atoms with E-state index >= 15 is 0 Å². The van der Waals surface area contributed by atoms with Gasteiger partial charge in [-0.2, -0.15) is 0 Å². The van der Waals surface area contributed by atoms with Crippen LogP contribution in [0, 0.1) is 0 Å². The van der Waals surface area contributed by atoms with Gasteiger partial charge in [-0.15, -0.1) is 0 Å². The molecule has 1 aliphatic carbocycles. The number of allylic oxidation sites excluding steroid dienone is 2. The smallest absolute Gasteiger partial charge is 0.266 e. The fourth-order valence-electron chi connectivity index (χ4n) is 3.19. The number of hydrogen-bond donors (Lipinski definition) is 0. The summed E-state index contributed by atoms with van der Waals surface area (Å²) in [6.45, 7) is 2.03. The van der Waals surface area contributed by atoms with Gasteiger partial charge in [-0.1, -0.05) is 79.7 Å². The van der Waals surface area contributed by atoms with E-state index in [4.69, 9.17) is 12.2 Å². The van der Waals surface area contributed by atoms with E-state index < -0.39 is 0 Å². The van der Waals surface area contributed by atoms with Crippen LogP contribution in [0.5, 0.6) is 0 Å². The van der Waals surface area contributed by atoms with Crippen LogP contribution in [-0.4, -0.2) is 21.2 Å². The summed E-state index contributed by atoms with van der Waals surface area (Å²) in [5.41, 5.74) is 2.21. The average molecular weight is 344 g/mol. The predicted octanol–water partition coefficient (Wildman–Crippen LogP) is 5.17. The summed E-state index contributed by atoms with van der Waals surface area (Å²) < 4.78 is 0.723. The zero-order valence-corrected chi connectivity index (χ0v) is 15.0. The summed E-state index contributed by atoms with van der Waals surface area (Å²) >= 11 is 6.91. The van der Waals surface area contributed by atoms with Crippen LogP contribution in [0.2, 0.25) is 0 Å². The van der Waals surface area contributed by atoms with Crippen LogP contribution in [-0.2, 0) is 4.79 Å². The van der Waals surface area contributed by atoms with Crippen molar-refractivity contribution < 1.29 is 4.79 Å². The lowest BCUT2D eigenvalue weighted by atomic mass is 9.94. The molecule has 23 heavy (non-hydrogen) atoms. The first-order valence-corrected chi connectivity index (χ1v) is 9.38. The second-order valence-corrected chi connectivity index (χ2v) is 7.82. The van der Waals surface area contributed by atoms with Crippen molar-refractivity contribution in [1.82, 2.24) is 4.90 Å². The molecule has 1 aromatic rings. The molecule has 0 N–H and O–H groups in total. The number of thioether (sulfide) groups is 1. The Morgan fingerprint density at radius 2 is 1.91 bits per heavy atom. The molecule has 2 aliphatic rings. The standard InChI is InChI=1S/C19H21NOS2/c1-14(12-15-8-4-2-5-9-15)13-17-18(21)20(19(22)23-17)16-10-6-3-7-11-16/h2,4-5,8-9,12-13,16H,3,6-7,10-11H2,1H3/b14-12-,17-13-. The number of carbonyl (C=O) groups is 1. The number of amides is 1. The number of carbonyl (C=O) groups excluding carboxylic acids is 1. The number of benzene rings is 1. The molecule has 4 heteroatoms. The minimum atomic E-state index is 0.0905. The fourth-order valence-corrected chi connectivity index (χ4v) is 4.64. The molecule has 1 saturated carbocycles. The molecule has 120 valence electrons. The van der Waals surface area contributed by atoms with Crippen molar-refractivity contribution in [1.29, 1.82) is 0 Å². The fraction of sp³-hybridized carbons (Fsp3) is 0.368. The Morgan fingerprint density at radius 3 is 2.61 bits per heavy atom. The van der Waals surface area contributed by atoms with Crippen molar-refractivity contribution >= 4 is 40.3 Å². The van der Waals surface area contributed by atoms with E-state index in [9.17, 15) is 4.79 Å². The topological polar surface area (TPSA) is 20.3 Å². The zero-order chi connectivity index (χ0) is 16.2. The molecule has 2 fully saturated rings. The van der Waals surface area contributed by atoms with Gasteiger partial charge in [0.25, 0.3) is 5.91 Å². The minimum Gasteiger partial charge on any atom is -0.290 e. The summed E-state index contributed by atoms with van der Waals surface area (Å²) in [6, 6.07) is 10.5. The molecule has 1 aliphatic heterocycles. The first-order valence-electron chi connectivity index (χ1n) is 8.15. The van der Waals surface area contributed by atoms with Gasteiger partial charge >= 0.3 is 0 Å². The molecule has 1 saturated heterocycles. The van der Waals surface area contributed by atoms with Gasteiger partial charge in [-0.25, -0.2) is 0 Å². The second kappa shape index (κ2) is 7.45. The molecule has 1 heterocycles. The third-order valence-electron chi connectivity index (χ3n) is 4.32. The van der Waals surface area contributed by atoms with Gasteiger partial charge in [0.05, 0.1) is 4.91 Å². The third-order valence-corrected chi connectivity index (χ3v) is 5.65. The molecule has 0 unspecified atom stereocenters. The lowest BCUT2D eigenvalue weighted by molar-refractivity contribution is -0.124. The maximum atomic E-state index is 12.7. The summed E-state index contributed by atoms with van der Waals surface area (Å²) in [5.74, 6) is 0.0905. The van der Waals surface area contributed by atoms with Crippen molar-refractivity contribution in [2.75, 3.05) is 0 Å². The van der Waals surface area contributed by atoms with Gasteiger partial charge < -0.3 is 0 Å². The second-order valence-electron chi connectivity index (χ2n) is 6.14. The first kappa shape index (κ1) is 16.5. The Hall–Kier alpha value is -1.39. The highest BCUT2D eigenvalue weighted by Gasteiger charge is 2.37. The number of thiocarbonyl (C=S) groups is 1. The van der Waals surface area contributed by atoms with E-state index in [-0.39, 0.29) is 5.91 Å². The maximum Gasteiger partial charge on any atom is 0.266 e. The Morgan fingerprint density at radius 1 is 1.22 bits per heavy atom. The van der Waals surface area contributed by atoms with Crippen LogP contribution in [0.25, 0.3) is 6.08 Å². The molecule has 3 rings (SSSR count). The van der Waals surface area contributed by atoms with Crippen LogP contribution in [0.15, 0.2) is 46.9 Å². The number of hydrogen-bond acceptors (Lipinski definition) is 3. The van der Waals surface area contributed by atoms with Gasteiger partial charge in [0, 0.05) is 6.04 Å². The molecule has 1 aromatic carbocycles. The van der Waals surface area contributed by atoms with E-state index in [1.54, 1.807) is 0 Å². The summed E-state index contributed by atoms with van der Waals surface area (Å²) in [5, 5.41) is 0. The highest BCUT2D eigenvalue weighted by atomic mass is 32.2. The molecule has 1 amide bonds. The van der Waals surface area contributed by atoms with E-state index in [0.717, 1.165) is 33.2 Å². The van der Waals surface area contributed by atoms with Gasteiger partial charge in [-0.3, -0.25) is 9.69 Å². The van der Waals surface area contributed by atoms with Crippen LogP contribution in [0.4, 0.5) is 0 Å². The van der Waals surface area contributed by atoms with E-state index in [1.165, 1.54) is 31.0 Å². The van der Waals surface area contributed by atoms with Gasteiger partial charge in [0.1, 0.15) is 4.32 Å². The van der Waals surface area contributed by atoms with Gasteiger partial charge in [0.15, 0.2) is 0 Å². The highest BCUT2D eigenvalue weighted by molar-refractivity contribution is 8.26. The third kappa shape index (κ3) is 3.93. The lowest BCUT2D eigenvalue weighted by Gasteiger charge is -2.29. The molecule has 0 aromatic heterocycles. The highest BCUT2D eigenvalue weighted by Crippen LogP contribution is 2.36. The molecular weight excluding hydrogens is 322 g/mol. The Kier molecular flexibility index (Phi) is 5.34. The van der Waals surface area contributed by atoms with E-state index in [1.807, 2.05) is 36.1 Å². The predicted molar refractivity (Wildman–Crippen MR) is 102 cm³/mol. The first-order chi connectivity index (χ1) is 11.1. The molecule has 0 spiro atoms. The Labute approximate surface area is 147 Å². The van der Waals surface area contributed by atoms with Gasteiger partial charge in [-0.05, 0) is 37.0 Å². The quantitative estimate of drug-likeness (QED) is 0.558. The Balaban J connectivity index is 1.77. The van der Waals surface area contributed by atoms with Crippen LogP contribution in [0.3, 0.4) is 0 Å². The van der Waals surface area contributed by atoms with Crippen LogP contribution in [0.1, 0.15) is 44.6 Å². The van der Waals surface area contributed by atoms with Gasteiger partial charge in [0.2, 0.25) is 0 Å². The summed E-state index contributed by atoms with van der Waals surface area (Å²) in [4.78, 5) is 15.3. The van der Waals surface area contributed by atoms with Crippen molar-refractivity contribution in [3.63, 3.8) is 0 Å². The number of rotatable bonds is 3. The maximum absolute atomic E-state index is 12.7. The SMILES string of the molecule is CC(=C/c1ccccc1)/C=C1\SC(=S)N(C2CCCCC2)C1=O. The van der Waals surface area contributed by atoms with Crippen LogP contribution < -0.4 is 0 Å². The van der Waals surface area contributed by atoms with E-state index in [0.29, 0.717) is 6.04 Å². The van der Waals surface area contributed by atoms with Crippen molar-refractivity contribution in [2.45, 2.75) is 45.1 Å². The summed E-state index contributed by atoms with van der Waals surface area (Å²) in [6.07, 6.45) is 9.90. The zero-order valence-electron chi connectivity index (χ0n) is 13.3. The molecule has 0 bridgehead atoms. The van der Waals surface area contributed by atoms with Crippen LogP contribution >= 0.6 is 24.0 Å². The Bertz CT molecular complexity index is 657. The minimum absolute atomic E-state index is 0.0905. The normalized spacial score (nSPS) is 22.2. The monoisotopic (exact) mass is 343 g/mol. The molecule has 2 nitrogen and oxygen atoms in total. The van der Waals surface area contributed by atoms with E-state index in [2.05, 4.69) is 18.2 Å². The largest absolute Gasteiger partial charge is 0.290 e. The summed E-state index contributed by atoms with van der Waals surface area (Å²) in [7, 11) is 0.